The molecule has 1 fully saturated rings. The largest absolute Gasteiger partial charge is 0.507 e. The summed E-state index contributed by atoms with van der Waals surface area (Å²) in [4.78, 5) is 14.7. The summed E-state index contributed by atoms with van der Waals surface area (Å²) in [6.45, 7) is 4.75. The lowest BCUT2D eigenvalue weighted by Crippen LogP contribution is -2.38. The van der Waals surface area contributed by atoms with E-state index in [2.05, 4.69) is 0 Å². The monoisotopic (exact) mass is 293 g/mol. The Hall–Kier alpha value is -1.46. The first-order valence-corrected chi connectivity index (χ1v) is 7.44. The minimum absolute atomic E-state index is 0.00600. The summed E-state index contributed by atoms with van der Waals surface area (Å²) in [6.07, 6.45) is 1.88. The van der Waals surface area contributed by atoms with Gasteiger partial charge >= 0.3 is 0 Å². The molecule has 1 amide bonds. The van der Waals surface area contributed by atoms with Gasteiger partial charge in [0.15, 0.2) is 0 Å². The number of amides is 1. The molecule has 1 N–H and O–H groups in total. The van der Waals surface area contributed by atoms with E-state index in [1.165, 1.54) is 0 Å². The predicted molar refractivity (Wildman–Crippen MR) is 81.6 cm³/mol. The number of aromatic hydroxyl groups is 1. The molecule has 1 saturated heterocycles. The maximum absolute atomic E-state index is 12.3. The maximum atomic E-state index is 12.3. The second kappa shape index (κ2) is 6.33. The van der Waals surface area contributed by atoms with Crippen molar-refractivity contribution in [2.75, 3.05) is 26.1 Å². The Morgan fingerprint density at radius 3 is 2.65 bits per heavy atom. The number of nitrogens with zero attached hydrogens (tertiary/aromatic N) is 1. The lowest BCUT2D eigenvalue weighted by Gasteiger charge is -2.27. The third-order valence-corrected chi connectivity index (χ3v) is 4.20. The van der Waals surface area contributed by atoms with Gasteiger partial charge in [0.05, 0.1) is 4.91 Å². The smallest absolute Gasteiger partial charge is 0.262 e. The van der Waals surface area contributed by atoms with E-state index in [-0.39, 0.29) is 5.91 Å². The fourth-order valence-corrected chi connectivity index (χ4v) is 3.20. The molecule has 1 aromatic carbocycles. The molecule has 1 aliphatic rings. The zero-order chi connectivity index (χ0) is 14.7. The van der Waals surface area contributed by atoms with Crippen LogP contribution in [0.5, 0.6) is 5.75 Å². The highest BCUT2D eigenvalue weighted by atomic mass is 32.2. The van der Waals surface area contributed by atoms with E-state index in [1.54, 1.807) is 23.8 Å². The van der Waals surface area contributed by atoms with E-state index in [1.807, 2.05) is 32.1 Å². The van der Waals surface area contributed by atoms with E-state index in [9.17, 15) is 9.90 Å². The number of phenolic OH excluding ortho intramolecular Hbond substituents is 1. The van der Waals surface area contributed by atoms with Gasteiger partial charge in [-0.05, 0) is 48.7 Å². The van der Waals surface area contributed by atoms with Gasteiger partial charge in [0, 0.05) is 19.4 Å². The van der Waals surface area contributed by atoms with Crippen molar-refractivity contribution >= 4 is 23.7 Å². The van der Waals surface area contributed by atoms with Crippen LogP contribution in [0.4, 0.5) is 0 Å². The third-order valence-electron chi connectivity index (χ3n) is 3.21. The predicted octanol–water partition coefficient (Wildman–Crippen LogP) is 2.53. The van der Waals surface area contributed by atoms with Crippen molar-refractivity contribution in [1.29, 1.82) is 0 Å². The van der Waals surface area contributed by atoms with Gasteiger partial charge in [-0.1, -0.05) is 0 Å². The number of carbonyl (C=O) groups is 1. The minimum atomic E-state index is 0.00600. The van der Waals surface area contributed by atoms with Gasteiger partial charge in [-0.3, -0.25) is 4.79 Å². The zero-order valence-corrected chi connectivity index (χ0v) is 12.8. The molecule has 0 unspecified atom stereocenters. The summed E-state index contributed by atoms with van der Waals surface area (Å²) < 4.78 is 5.04. The molecule has 1 aliphatic heterocycles. The number of hydrogen-bond acceptors (Lipinski definition) is 4. The number of rotatable bonds is 3. The molecule has 0 bridgehead atoms. The SMILES string of the molecule is COCN1CCS/C(=C/c2cc(C)c(O)c(C)c2)C1=O. The van der Waals surface area contributed by atoms with E-state index < -0.39 is 0 Å². The van der Waals surface area contributed by atoms with Gasteiger partial charge in [-0.25, -0.2) is 0 Å². The topological polar surface area (TPSA) is 49.8 Å². The fourth-order valence-electron chi connectivity index (χ4n) is 2.19. The molecule has 0 radical (unpaired) electrons. The van der Waals surface area contributed by atoms with Crippen molar-refractivity contribution in [3.63, 3.8) is 0 Å². The van der Waals surface area contributed by atoms with Crippen LogP contribution in [0.2, 0.25) is 0 Å². The Morgan fingerprint density at radius 1 is 1.40 bits per heavy atom. The first-order chi connectivity index (χ1) is 9.52. The van der Waals surface area contributed by atoms with Gasteiger partial charge in [0.25, 0.3) is 5.91 Å². The minimum Gasteiger partial charge on any atom is -0.507 e. The average molecular weight is 293 g/mol. The lowest BCUT2D eigenvalue weighted by atomic mass is 10.1. The molecule has 20 heavy (non-hydrogen) atoms. The lowest BCUT2D eigenvalue weighted by molar-refractivity contribution is -0.130. The van der Waals surface area contributed by atoms with Crippen LogP contribution >= 0.6 is 11.8 Å². The van der Waals surface area contributed by atoms with Crippen molar-refractivity contribution in [3.05, 3.63) is 33.7 Å². The zero-order valence-electron chi connectivity index (χ0n) is 12.0. The van der Waals surface area contributed by atoms with E-state index in [4.69, 9.17) is 4.74 Å². The van der Waals surface area contributed by atoms with Crippen molar-refractivity contribution in [1.82, 2.24) is 4.90 Å². The summed E-state index contributed by atoms with van der Waals surface area (Å²) in [5, 5.41) is 9.78. The second-order valence-electron chi connectivity index (χ2n) is 4.85. The van der Waals surface area contributed by atoms with Crippen LogP contribution in [-0.2, 0) is 9.53 Å². The van der Waals surface area contributed by atoms with Crippen molar-refractivity contribution < 1.29 is 14.6 Å². The Morgan fingerprint density at radius 2 is 2.05 bits per heavy atom. The highest BCUT2D eigenvalue weighted by Gasteiger charge is 2.23. The molecule has 108 valence electrons. The summed E-state index contributed by atoms with van der Waals surface area (Å²) in [7, 11) is 1.59. The van der Waals surface area contributed by atoms with Crippen molar-refractivity contribution in [2.45, 2.75) is 13.8 Å². The quantitative estimate of drug-likeness (QED) is 0.870. The molecular weight excluding hydrogens is 274 g/mol. The summed E-state index contributed by atoms with van der Waals surface area (Å²) in [6, 6.07) is 3.77. The molecule has 0 saturated carbocycles. The number of carbonyl (C=O) groups excluding carboxylic acids is 1. The molecule has 5 heteroatoms. The summed E-state index contributed by atoms with van der Waals surface area (Å²) in [5.74, 6) is 1.19. The summed E-state index contributed by atoms with van der Waals surface area (Å²) >= 11 is 1.56. The van der Waals surface area contributed by atoms with E-state index >= 15 is 0 Å². The van der Waals surface area contributed by atoms with Gasteiger partial charge in [0.1, 0.15) is 12.5 Å². The Balaban J connectivity index is 2.28. The first-order valence-electron chi connectivity index (χ1n) is 6.46. The molecule has 0 spiro atoms. The van der Waals surface area contributed by atoms with Crippen LogP contribution in [0, 0.1) is 13.8 Å². The van der Waals surface area contributed by atoms with E-state index in [0.29, 0.717) is 19.0 Å². The third kappa shape index (κ3) is 3.16. The number of ether oxygens (including phenoxy) is 1. The van der Waals surface area contributed by atoms with Crippen LogP contribution in [0.15, 0.2) is 17.0 Å². The molecule has 0 aliphatic carbocycles. The maximum Gasteiger partial charge on any atom is 0.262 e. The number of aryl methyl sites for hydroxylation is 2. The molecule has 0 aromatic heterocycles. The number of hydrogen-bond donors (Lipinski definition) is 1. The normalized spacial score (nSPS) is 17.9. The Labute approximate surface area is 123 Å². The van der Waals surface area contributed by atoms with Crippen molar-refractivity contribution in [3.8, 4) is 5.75 Å². The van der Waals surface area contributed by atoms with E-state index in [0.717, 1.165) is 27.3 Å². The molecule has 1 aromatic rings. The Bertz CT molecular complexity index is 529. The molecule has 2 rings (SSSR count). The Kier molecular flexibility index (Phi) is 4.73. The van der Waals surface area contributed by atoms with Crippen LogP contribution in [0.25, 0.3) is 6.08 Å². The highest BCUT2D eigenvalue weighted by Crippen LogP contribution is 2.29. The van der Waals surface area contributed by atoms with Gasteiger partial charge in [0.2, 0.25) is 0 Å². The van der Waals surface area contributed by atoms with Crippen LogP contribution < -0.4 is 0 Å². The molecule has 1 heterocycles. The number of phenols is 1. The molecular formula is C15H19NO3S. The van der Waals surface area contributed by atoms with Crippen LogP contribution in [0.3, 0.4) is 0 Å². The molecule has 0 atom stereocenters. The number of thioether (sulfide) groups is 1. The van der Waals surface area contributed by atoms with Crippen LogP contribution in [0.1, 0.15) is 16.7 Å². The van der Waals surface area contributed by atoms with Crippen LogP contribution in [-0.4, -0.2) is 42.1 Å². The van der Waals surface area contributed by atoms with Crippen molar-refractivity contribution in [2.24, 2.45) is 0 Å². The number of methoxy groups -OCH3 is 1. The van der Waals surface area contributed by atoms with Gasteiger partial charge in [-0.2, -0.15) is 0 Å². The average Bonchev–Trinajstić information content (AvgIpc) is 2.41. The fraction of sp³-hybridized carbons (Fsp3) is 0.400. The summed E-state index contributed by atoms with van der Waals surface area (Å²) in [5.41, 5.74) is 2.57. The molecule has 4 nitrogen and oxygen atoms in total. The first kappa shape index (κ1) is 14.9. The standard InChI is InChI=1S/C15H19NO3S/c1-10-6-12(7-11(2)14(10)17)8-13-15(18)16(9-19-3)4-5-20-13/h6-8,17H,4-5,9H2,1-3H3/b13-8+. The number of benzene rings is 1. The second-order valence-corrected chi connectivity index (χ2v) is 5.98. The van der Waals surface area contributed by atoms with Gasteiger partial charge in [-0.15, -0.1) is 11.8 Å². The highest BCUT2D eigenvalue weighted by molar-refractivity contribution is 8.04. The van der Waals surface area contributed by atoms with Gasteiger partial charge < -0.3 is 14.7 Å².